The molecule has 0 radical (unpaired) electrons. The van der Waals surface area contributed by atoms with Gasteiger partial charge in [-0.1, -0.05) is 13.3 Å². The first-order chi connectivity index (χ1) is 10.5. The highest BCUT2D eigenvalue weighted by Crippen LogP contribution is 2.35. The van der Waals surface area contributed by atoms with E-state index in [0.717, 1.165) is 30.8 Å². The highest BCUT2D eigenvalue weighted by molar-refractivity contribution is 5.97. The van der Waals surface area contributed by atoms with Crippen LogP contribution in [0.3, 0.4) is 0 Å². The summed E-state index contributed by atoms with van der Waals surface area (Å²) in [4.78, 5) is 26.2. The molecule has 1 aromatic carbocycles. The summed E-state index contributed by atoms with van der Waals surface area (Å²) in [6.07, 6.45) is 2.12. The summed E-state index contributed by atoms with van der Waals surface area (Å²) < 4.78 is 5.42. The third kappa shape index (κ3) is 3.69. The fraction of sp³-hybridized carbons (Fsp3) is 0.500. The number of benzene rings is 1. The number of unbranched alkanes of at least 4 members (excludes halogenated alkanes) is 1. The molecule has 0 saturated heterocycles. The zero-order valence-corrected chi connectivity index (χ0v) is 13.0. The van der Waals surface area contributed by atoms with Gasteiger partial charge in [0.25, 0.3) is 5.91 Å². The van der Waals surface area contributed by atoms with E-state index in [0.29, 0.717) is 12.3 Å². The molecule has 0 spiro atoms. The maximum atomic E-state index is 11.7. The number of hydrogen-bond donors (Lipinski definition) is 1. The van der Waals surface area contributed by atoms with Gasteiger partial charge in [-0.15, -0.1) is 0 Å². The van der Waals surface area contributed by atoms with E-state index in [1.807, 2.05) is 23.1 Å². The molecule has 0 saturated carbocycles. The number of fused-ring (bicyclic) bond motifs is 1. The van der Waals surface area contributed by atoms with Gasteiger partial charge in [0.2, 0.25) is 0 Å². The fourth-order valence-corrected chi connectivity index (χ4v) is 2.41. The van der Waals surface area contributed by atoms with Crippen molar-refractivity contribution in [2.75, 3.05) is 36.5 Å². The van der Waals surface area contributed by atoms with Gasteiger partial charge >= 0.3 is 5.97 Å². The number of nitrogens with zero attached hydrogens (tertiary/aromatic N) is 2. The van der Waals surface area contributed by atoms with Crippen molar-refractivity contribution < 1.29 is 19.4 Å². The molecule has 1 amide bonds. The molecule has 6 heteroatoms. The number of hydrogen-bond acceptors (Lipinski definition) is 4. The van der Waals surface area contributed by atoms with Gasteiger partial charge in [0.05, 0.1) is 12.1 Å². The summed E-state index contributed by atoms with van der Waals surface area (Å²) in [6, 6.07) is 5.65. The van der Waals surface area contributed by atoms with Crippen molar-refractivity contribution in [2.45, 2.75) is 26.2 Å². The predicted octanol–water partition coefficient (Wildman–Crippen LogP) is 2.12. The van der Waals surface area contributed by atoms with Gasteiger partial charge in [-0.3, -0.25) is 9.59 Å². The molecule has 1 heterocycles. The Labute approximate surface area is 130 Å². The Morgan fingerprint density at radius 3 is 2.86 bits per heavy atom. The van der Waals surface area contributed by atoms with Crippen LogP contribution in [0.25, 0.3) is 0 Å². The Hall–Kier alpha value is -2.24. The highest BCUT2D eigenvalue weighted by Gasteiger charge is 2.23. The fourth-order valence-electron chi connectivity index (χ4n) is 2.41. The smallest absolute Gasteiger partial charge is 0.305 e. The summed E-state index contributed by atoms with van der Waals surface area (Å²) in [7, 11) is 1.72. The lowest BCUT2D eigenvalue weighted by Gasteiger charge is -2.29. The highest BCUT2D eigenvalue weighted by atomic mass is 16.5. The lowest BCUT2D eigenvalue weighted by Crippen LogP contribution is -2.35. The van der Waals surface area contributed by atoms with E-state index in [4.69, 9.17) is 9.84 Å². The van der Waals surface area contributed by atoms with E-state index >= 15 is 0 Å². The molecule has 1 aliphatic heterocycles. The van der Waals surface area contributed by atoms with Gasteiger partial charge in [0.1, 0.15) is 5.75 Å². The second kappa shape index (κ2) is 7.15. The van der Waals surface area contributed by atoms with Crippen molar-refractivity contribution in [1.82, 2.24) is 0 Å². The van der Waals surface area contributed by atoms with Gasteiger partial charge in [-0.05, 0) is 24.6 Å². The number of carboxylic acids is 1. The van der Waals surface area contributed by atoms with Gasteiger partial charge in [0.15, 0.2) is 6.61 Å². The van der Waals surface area contributed by atoms with Crippen LogP contribution in [0.2, 0.25) is 0 Å². The van der Waals surface area contributed by atoms with Crippen LogP contribution in [0.4, 0.5) is 11.4 Å². The molecule has 0 bridgehead atoms. The Balaban J connectivity index is 2.23. The maximum Gasteiger partial charge on any atom is 0.305 e. The summed E-state index contributed by atoms with van der Waals surface area (Å²) >= 11 is 0. The lowest BCUT2D eigenvalue weighted by atomic mass is 10.2. The summed E-state index contributed by atoms with van der Waals surface area (Å²) in [5.41, 5.74) is 1.64. The minimum atomic E-state index is -0.810. The first-order valence-corrected chi connectivity index (χ1v) is 7.53. The number of carbonyl (C=O) groups is 2. The van der Waals surface area contributed by atoms with E-state index in [1.54, 1.807) is 11.9 Å². The second-order valence-corrected chi connectivity index (χ2v) is 5.38. The minimum Gasteiger partial charge on any atom is -0.482 e. The first kappa shape index (κ1) is 16.1. The lowest BCUT2D eigenvalue weighted by molar-refractivity contribution is -0.136. The van der Waals surface area contributed by atoms with Crippen molar-refractivity contribution in [3.05, 3.63) is 18.2 Å². The number of carbonyl (C=O) groups excluding carboxylic acids is 1. The third-order valence-corrected chi connectivity index (χ3v) is 3.77. The number of anilines is 2. The number of amides is 1. The van der Waals surface area contributed by atoms with Gasteiger partial charge < -0.3 is 19.6 Å². The molecule has 0 fully saturated rings. The van der Waals surface area contributed by atoms with E-state index in [2.05, 4.69) is 6.92 Å². The average molecular weight is 306 g/mol. The number of carboxylic acid groups (broad SMARTS) is 1. The van der Waals surface area contributed by atoms with Crippen LogP contribution in [-0.2, 0) is 9.59 Å². The molecule has 0 aliphatic carbocycles. The molecular formula is C16H22N2O4. The van der Waals surface area contributed by atoms with E-state index in [9.17, 15) is 9.59 Å². The van der Waals surface area contributed by atoms with Crippen LogP contribution in [0.15, 0.2) is 18.2 Å². The minimum absolute atomic E-state index is 0.0570. The van der Waals surface area contributed by atoms with Crippen molar-refractivity contribution in [1.29, 1.82) is 0 Å². The Kier molecular flexibility index (Phi) is 5.25. The number of rotatable bonds is 7. The second-order valence-electron chi connectivity index (χ2n) is 5.38. The Morgan fingerprint density at radius 2 is 2.18 bits per heavy atom. The molecule has 2 rings (SSSR count). The Morgan fingerprint density at radius 1 is 1.41 bits per heavy atom. The first-order valence-electron chi connectivity index (χ1n) is 7.53. The van der Waals surface area contributed by atoms with Crippen LogP contribution in [-0.4, -0.2) is 43.7 Å². The van der Waals surface area contributed by atoms with Crippen LogP contribution < -0.4 is 14.5 Å². The van der Waals surface area contributed by atoms with Crippen molar-refractivity contribution in [3.63, 3.8) is 0 Å². The molecule has 0 atom stereocenters. The normalized spacial score (nSPS) is 13.5. The van der Waals surface area contributed by atoms with Crippen LogP contribution in [0.5, 0.6) is 5.75 Å². The largest absolute Gasteiger partial charge is 0.482 e. The average Bonchev–Trinajstić information content (AvgIpc) is 2.51. The molecule has 1 aromatic rings. The SMILES string of the molecule is CCCCN(CCC(=O)O)c1ccc2c(c1)N(C)C(=O)CO2. The monoisotopic (exact) mass is 306 g/mol. The standard InChI is InChI=1S/C16H22N2O4/c1-3-4-8-18(9-7-16(20)21)12-5-6-14-13(10-12)17(2)15(19)11-22-14/h5-6,10H,3-4,7-9,11H2,1-2H3,(H,20,21). The summed E-state index contributed by atoms with van der Waals surface area (Å²) in [6.45, 7) is 3.40. The zero-order chi connectivity index (χ0) is 16.1. The van der Waals surface area contributed by atoms with Crippen molar-refractivity contribution in [3.8, 4) is 5.75 Å². The molecule has 22 heavy (non-hydrogen) atoms. The molecular weight excluding hydrogens is 284 g/mol. The number of aliphatic carboxylic acids is 1. The Bertz CT molecular complexity index is 559. The topological polar surface area (TPSA) is 70.1 Å². The quantitative estimate of drug-likeness (QED) is 0.835. The van der Waals surface area contributed by atoms with Crippen molar-refractivity contribution in [2.24, 2.45) is 0 Å². The number of ether oxygens (including phenoxy) is 1. The molecule has 1 N–H and O–H groups in total. The van der Waals surface area contributed by atoms with Crippen molar-refractivity contribution >= 4 is 23.3 Å². The third-order valence-electron chi connectivity index (χ3n) is 3.77. The van der Waals surface area contributed by atoms with Gasteiger partial charge in [-0.2, -0.15) is 0 Å². The summed E-state index contributed by atoms with van der Waals surface area (Å²) in [5.74, 6) is -0.218. The molecule has 120 valence electrons. The van der Waals surface area contributed by atoms with Crippen LogP contribution >= 0.6 is 0 Å². The van der Waals surface area contributed by atoms with Crippen LogP contribution in [0, 0.1) is 0 Å². The van der Waals surface area contributed by atoms with Crippen LogP contribution in [0.1, 0.15) is 26.2 Å². The molecule has 0 unspecified atom stereocenters. The maximum absolute atomic E-state index is 11.7. The zero-order valence-electron chi connectivity index (χ0n) is 13.0. The van der Waals surface area contributed by atoms with Gasteiger partial charge in [-0.25, -0.2) is 0 Å². The molecule has 6 nitrogen and oxygen atoms in total. The van der Waals surface area contributed by atoms with E-state index in [-0.39, 0.29) is 18.9 Å². The molecule has 0 aromatic heterocycles. The van der Waals surface area contributed by atoms with E-state index in [1.165, 1.54) is 0 Å². The van der Waals surface area contributed by atoms with Gasteiger partial charge in [0, 0.05) is 25.8 Å². The number of likely N-dealkylation sites (N-methyl/N-ethyl adjacent to an activating group) is 1. The van der Waals surface area contributed by atoms with E-state index < -0.39 is 5.97 Å². The predicted molar refractivity (Wildman–Crippen MR) is 84.7 cm³/mol. The summed E-state index contributed by atoms with van der Waals surface area (Å²) in [5, 5.41) is 8.90. The molecule has 1 aliphatic rings.